The Bertz CT molecular complexity index is 563. The summed E-state index contributed by atoms with van der Waals surface area (Å²) in [7, 11) is 1.57. The first kappa shape index (κ1) is 15.8. The molecule has 2 heterocycles. The van der Waals surface area contributed by atoms with E-state index in [1.807, 2.05) is 12.1 Å². The minimum absolute atomic E-state index is 0.180. The van der Waals surface area contributed by atoms with Crippen molar-refractivity contribution in [3.63, 3.8) is 0 Å². The van der Waals surface area contributed by atoms with Crippen LogP contribution in [0.4, 0.5) is 8.78 Å². The fourth-order valence-electron chi connectivity index (χ4n) is 1.74. The number of rotatable bonds is 8. The predicted molar refractivity (Wildman–Crippen MR) is 77.3 cm³/mol. The summed E-state index contributed by atoms with van der Waals surface area (Å²) in [6.45, 7) is 1.17. The molecule has 0 unspecified atom stereocenters. The summed E-state index contributed by atoms with van der Waals surface area (Å²) in [5.41, 5.74) is 1.04. The summed E-state index contributed by atoms with van der Waals surface area (Å²) in [6.07, 6.45) is 1.68. The molecule has 0 aliphatic rings. The van der Waals surface area contributed by atoms with Gasteiger partial charge in [0.2, 0.25) is 5.88 Å². The Labute approximate surface area is 125 Å². The summed E-state index contributed by atoms with van der Waals surface area (Å²) >= 11 is 0.554. The van der Waals surface area contributed by atoms with Crippen LogP contribution in [0.3, 0.4) is 0 Å². The largest absolute Gasteiger partial charge is 0.481 e. The molecule has 21 heavy (non-hydrogen) atoms. The number of pyridine rings is 1. The summed E-state index contributed by atoms with van der Waals surface area (Å²) in [4.78, 5) is 4.03. The van der Waals surface area contributed by atoms with Crippen LogP contribution in [0.15, 0.2) is 34.9 Å². The van der Waals surface area contributed by atoms with Crippen LogP contribution in [0.1, 0.15) is 17.1 Å². The molecular formula is C14H16F2N2O2S. The summed E-state index contributed by atoms with van der Waals surface area (Å²) in [6, 6.07) is 7.26. The molecule has 2 aromatic rings. The van der Waals surface area contributed by atoms with Gasteiger partial charge in [-0.2, -0.15) is 8.78 Å². The molecule has 0 amide bonds. The van der Waals surface area contributed by atoms with Crippen LogP contribution in [0.25, 0.3) is 0 Å². The number of hydrogen-bond acceptors (Lipinski definition) is 5. The van der Waals surface area contributed by atoms with E-state index in [-0.39, 0.29) is 5.75 Å². The highest BCUT2D eigenvalue weighted by molar-refractivity contribution is 7.98. The molecule has 2 aromatic heterocycles. The number of nitrogens with zero attached hydrogens (tertiary/aromatic N) is 1. The third-order valence-corrected chi connectivity index (χ3v) is 3.41. The highest BCUT2D eigenvalue weighted by Gasteiger charge is 2.07. The van der Waals surface area contributed by atoms with Crippen molar-refractivity contribution in [2.45, 2.75) is 24.6 Å². The second-order valence-electron chi connectivity index (χ2n) is 4.25. The molecular weight excluding hydrogens is 298 g/mol. The van der Waals surface area contributed by atoms with Gasteiger partial charge >= 0.3 is 0 Å². The van der Waals surface area contributed by atoms with Gasteiger partial charge in [0, 0.05) is 18.8 Å². The summed E-state index contributed by atoms with van der Waals surface area (Å²) in [5, 5.41) is 3.22. The molecule has 0 saturated heterocycles. The van der Waals surface area contributed by atoms with Gasteiger partial charge in [-0.25, -0.2) is 4.98 Å². The first-order valence-electron chi connectivity index (χ1n) is 6.34. The lowest BCUT2D eigenvalue weighted by molar-refractivity contribution is 0.251. The molecule has 1 N–H and O–H groups in total. The van der Waals surface area contributed by atoms with Crippen molar-refractivity contribution in [1.82, 2.24) is 10.3 Å². The van der Waals surface area contributed by atoms with Crippen LogP contribution in [0.2, 0.25) is 0 Å². The smallest absolute Gasteiger partial charge is 0.284 e. The van der Waals surface area contributed by atoms with Gasteiger partial charge in [-0.15, -0.1) is 0 Å². The zero-order valence-electron chi connectivity index (χ0n) is 11.5. The summed E-state index contributed by atoms with van der Waals surface area (Å²) in [5.74, 6) is -0.348. The Morgan fingerprint density at radius 1 is 1.29 bits per heavy atom. The van der Waals surface area contributed by atoms with E-state index < -0.39 is 5.76 Å². The minimum atomic E-state index is -2.38. The maximum absolute atomic E-state index is 12.1. The average molecular weight is 314 g/mol. The molecule has 114 valence electrons. The molecule has 0 atom stereocenters. The van der Waals surface area contributed by atoms with Crippen molar-refractivity contribution in [2.24, 2.45) is 0 Å². The second kappa shape index (κ2) is 7.99. The first-order chi connectivity index (χ1) is 10.2. The molecule has 0 spiro atoms. The number of hydrogen-bond donors (Lipinski definition) is 1. The lowest BCUT2D eigenvalue weighted by Gasteiger charge is -2.04. The van der Waals surface area contributed by atoms with Gasteiger partial charge in [-0.1, -0.05) is 11.8 Å². The third-order valence-electron chi connectivity index (χ3n) is 2.71. The van der Waals surface area contributed by atoms with Crippen molar-refractivity contribution < 1.29 is 17.9 Å². The van der Waals surface area contributed by atoms with E-state index in [1.54, 1.807) is 25.4 Å². The van der Waals surface area contributed by atoms with E-state index in [2.05, 4.69) is 10.3 Å². The lowest BCUT2D eigenvalue weighted by atomic mass is 10.2. The molecule has 0 bridgehead atoms. The number of thioether (sulfide) groups is 1. The quantitative estimate of drug-likeness (QED) is 0.809. The second-order valence-corrected chi connectivity index (χ2v) is 5.23. The van der Waals surface area contributed by atoms with Gasteiger partial charge in [-0.05, 0) is 23.8 Å². The maximum Gasteiger partial charge on any atom is 0.284 e. The van der Waals surface area contributed by atoms with Crippen LogP contribution >= 0.6 is 11.8 Å². The molecule has 0 aliphatic carbocycles. The Balaban J connectivity index is 1.77. The Hall–Kier alpha value is -1.60. The maximum atomic E-state index is 12.1. The average Bonchev–Trinajstić information content (AvgIpc) is 2.93. The number of nitrogens with one attached hydrogen (secondary N) is 1. The van der Waals surface area contributed by atoms with E-state index >= 15 is 0 Å². The van der Waals surface area contributed by atoms with Crippen molar-refractivity contribution in [1.29, 1.82) is 0 Å². The monoisotopic (exact) mass is 314 g/mol. The van der Waals surface area contributed by atoms with E-state index in [0.29, 0.717) is 36.5 Å². The van der Waals surface area contributed by atoms with Crippen molar-refractivity contribution in [3.05, 3.63) is 47.5 Å². The third kappa shape index (κ3) is 5.35. The standard InChI is InChI=1S/C14H16F2N2O2S/c1-19-13-6-10(4-5-18-13)7-17-8-11-2-3-12(20-11)9-21-14(15)16/h2-6,14,17H,7-9H2,1H3. The molecule has 0 fully saturated rings. The normalized spacial score (nSPS) is 11.0. The van der Waals surface area contributed by atoms with Crippen molar-refractivity contribution in [2.75, 3.05) is 7.11 Å². The van der Waals surface area contributed by atoms with E-state index in [1.165, 1.54) is 0 Å². The van der Waals surface area contributed by atoms with E-state index in [9.17, 15) is 8.78 Å². The zero-order chi connectivity index (χ0) is 15.1. The minimum Gasteiger partial charge on any atom is -0.481 e. The number of halogens is 2. The number of ether oxygens (including phenoxy) is 1. The van der Waals surface area contributed by atoms with Gasteiger partial charge in [-0.3, -0.25) is 0 Å². The fourth-order valence-corrected chi connectivity index (χ4v) is 2.19. The van der Waals surface area contributed by atoms with Crippen LogP contribution < -0.4 is 10.1 Å². The van der Waals surface area contributed by atoms with Crippen molar-refractivity contribution >= 4 is 11.8 Å². The molecule has 4 nitrogen and oxygen atoms in total. The molecule has 2 rings (SSSR count). The Kier molecular flexibility index (Phi) is 6.01. The first-order valence-corrected chi connectivity index (χ1v) is 7.39. The predicted octanol–water partition coefficient (Wildman–Crippen LogP) is 3.43. The Morgan fingerprint density at radius 2 is 2.10 bits per heavy atom. The number of alkyl halides is 2. The van der Waals surface area contributed by atoms with Gasteiger partial charge < -0.3 is 14.5 Å². The van der Waals surface area contributed by atoms with Crippen LogP contribution in [0, 0.1) is 0 Å². The van der Waals surface area contributed by atoms with E-state index in [0.717, 1.165) is 11.3 Å². The zero-order valence-corrected chi connectivity index (χ0v) is 12.3. The SMILES string of the molecule is COc1cc(CNCc2ccc(CSC(F)F)o2)ccn1. The van der Waals surface area contributed by atoms with Gasteiger partial charge in [0.1, 0.15) is 11.5 Å². The van der Waals surface area contributed by atoms with E-state index in [4.69, 9.17) is 9.15 Å². The highest BCUT2D eigenvalue weighted by Crippen LogP contribution is 2.21. The molecule has 7 heteroatoms. The molecule has 0 radical (unpaired) electrons. The molecule has 0 aliphatic heterocycles. The summed E-state index contributed by atoms with van der Waals surface area (Å²) < 4.78 is 34.7. The van der Waals surface area contributed by atoms with Gasteiger partial charge in [0.15, 0.2) is 0 Å². The Morgan fingerprint density at radius 3 is 2.86 bits per heavy atom. The van der Waals surface area contributed by atoms with Crippen LogP contribution in [-0.4, -0.2) is 17.9 Å². The van der Waals surface area contributed by atoms with Crippen LogP contribution in [0.5, 0.6) is 5.88 Å². The number of furan rings is 1. The van der Waals surface area contributed by atoms with Crippen molar-refractivity contribution in [3.8, 4) is 5.88 Å². The molecule has 0 aromatic carbocycles. The number of aromatic nitrogens is 1. The van der Waals surface area contributed by atoms with Crippen LogP contribution in [-0.2, 0) is 18.8 Å². The van der Waals surface area contributed by atoms with Gasteiger partial charge in [0.25, 0.3) is 5.76 Å². The fraction of sp³-hybridized carbons (Fsp3) is 0.357. The molecule has 0 saturated carbocycles. The van der Waals surface area contributed by atoms with Gasteiger partial charge in [0.05, 0.1) is 19.4 Å². The lowest BCUT2D eigenvalue weighted by Crippen LogP contribution is -2.12. The highest BCUT2D eigenvalue weighted by atomic mass is 32.2. The number of methoxy groups -OCH3 is 1. The topological polar surface area (TPSA) is 47.3 Å².